The van der Waals surface area contributed by atoms with Gasteiger partial charge in [0.1, 0.15) is 5.84 Å². The van der Waals surface area contributed by atoms with Gasteiger partial charge in [-0.15, -0.1) is 0 Å². The number of primary amides is 1. The zero-order valence-electron chi connectivity index (χ0n) is 11.8. The van der Waals surface area contributed by atoms with Crippen LogP contribution in [0.25, 0.3) is 0 Å². The van der Waals surface area contributed by atoms with Crippen molar-refractivity contribution in [3.8, 4) is 0 Å². The Kier molecular flexibility index (Phi) is 9.31. The SMILES string of the molecule is CNC(=O)C(CCCN=C(N)C(N)CO)CCC(N)=O. The second kappa shape index (κ2) is 10.2. The molecule has 0 saturated heterocycles. The highest BCUT2D eigenvalue weighted by atomic mass is 16.3. The summed E-state index contributed by atoms with van der Waals surface area (Å²) in [7, 11) is 1.55. The monoisotopic (exact) mass is 287 g/mol. The maximum absolute atomic E-state index is 11.6. The number of rotatable bonds is 10. The summed E-state index contributed by atoms with van der Waals surface area (Å²) >= 11 is 0. The van der Waals surface area contributed by atoms with Gasteiger partial charge < -0.3 is 27.6 Å². The number of amides is 2. The summed E-state index contributed by atoms with van der Waals surface area (Å²) in [4.78, 5) is 26.4. The highest BCUT2D eigenvalue weighted by Crippen LogP contribution is 2.13. The second-order valence-electron chi connectivity index (χ2n) is 4.55. The van der Waals surface area contributed by atoms with Crippen LogP contribution in [0.15, 0.2) is 4.99 Å². The molecule has 2 atom stereocenters. The van der Waals surface area contributed by atoms with Crippen molar-refractivity contribution in [3.63, 3.8) is 0 Å². The van der Waals surface area contributed by atoms with E-state index in [1.165, 1.54) is 0 Å². The van der Waals surface area contributed by atoms with Gasteiger partial charge in [0.2, 0.25) is 11.8 Å². The summed E-state index contributed by atoms with van der Waals surface area (Å²) in [5.74, 6) is -0.609. The molecule has 0 aromatic carbocycles. The number of aliphatic imine (C=N–C) groups is 1. The van der Waals surface area contributed by atoms with E-state index in [1.807, 2.05) is 0 Å². The van der Waals surface area contributed by atoms with Gasteiger partial charge in [0.05, 0.1) is 12.6 Å². The normalized spacial score (nSPS) is 14.7. The number of nitrogens with two attached hydrogens (primary N) is 3. The van der Waals surface area contributed by atoms with Crippen LogP contribution in [0.1, 0.15) is 25.7 Å². The van der Waals surface area contributed by atoms with E-state index in [0.717, 1.165) is 0 Å². The number of carbonyl (C=O) groups is 2. The molecule has 2 amide bonds. The van der Waals surface area contributed by atoms with Crippen molar-refractivity contribution < 1.29 is 14.7 Å². The number of hydrogen-bond donors (Lipinski definition) is 5. The van der Waals surface area contributed by atoms with E-state index in [4.69, 9.17) is 22.3 Å². The van der Waals surface area contributed by atoms with E-state index in [-0.39, 0.29) is 30.7 Å². The lowest BCUT2D eigenvalue weighted by atomic mass is 9.96. The highest BCUT2D eigenvalue weighted by molar-refractivity contribution is 5.85. The minimum atomic E-state index is -0.653. The number of nitrogens with zero attached hydrogens (tertiary/aromatic N) is 1. The summed E-state index contributed by atoms with van der Waals surface area (Å²) in [6.45, 7) is 0.165. The number of amidine groups is 1. The molecule has 0 aromatic rings. The Morgan fingerprint density at radius 2 is 1.95 bits per heavy atom. The van der Waals surface area contributed by atoms with Crippen molar-refractivity contribution >= 4 is 17.6 Å². The second-order valence-corrected chi connectivity index (χ2v) is 4.55. The Balaban J connectivity index is 4.20. The minimum Gasteiger partial charge on any atom is -0.394 e. The van der Waals surface area contributed by atoms with Crippen molar-refractivity contribution in [1.29, 1.82) is 0 Å². The first-order valence-electron chi connectivity index (χ1n) is 6.58. The Morgan fingerprint density at radius 3 is 2.45 bits per heavy atom. The lowest BCUT2D eigenvalue weighted by Gasteiger charge is -2.14. The third kappa shape index (κ3) is 7.70. The summed E-state index contributed by atoms with van der Waals surface area (Å²) < 4.78 is 0. The third-order valence-electron chi connectivity index (χ3n) is 2.94. The molecule has 2 unspecified atom stereocenters. The van der Waals surface area contributed by atoms with Crippen LogP contribution >= 0.6 is 0 Å². The molecule has 0 aromatic heterocycles. The van der Waals surface area contributed by atoms with Gasteiger partial charge in [0.15, 0.2) is 0 Å². The fourth-order valence-corrected chi connectivity index (χ4v) is 1.68. The predicted molar refractivity (Wildman–Crippen MR) is 76.8 cm³/mol. The van der Waals surface area contributed by atoms with Gasteiger partial charge in [-0.1, -0.05) is 0 Å². The first kappa shape index (κ1) is 18.3. The lowest BCUT2D eigenvalue weighted by Crippen LogP contribution is -2.39. The Morgan fingerprint density at radius 1 is 1.30 bits per heavy atom. The van der Waals surface area contributed by atoms with E-state index in [0.29, 0.717) is 25.8 Å². The van der Waals surface area contributed by atoms with Gasteiger partial charge in [-0.05, 0) is 19.3 Å². The average molecular weight is 287 g/mol. The van der Waals surface area contributed by atoms with Crippen LogP contribution in [0.3, 0.4) is 0 Å². The molecule has 0 bridgehead atoms. The minimum absolute atomic E-state index is 0.115. The average Bonchev–Trinajstić information content (AvgIpc) is 2.44. The van der Waals surface area contributed by atoms with Gasteiger partial charge in [-0.2, -0.15) is 0 Å². The van der Waals surface area contributed by atoms with E-state index in [2.05, 4.69) is 10.3 Å². The topological polar surface area (TPSA) is 157 Å². The van der Waals surface area contributed by atoms with Crippen LogP contribution in [0.4, 0.5) is 0 Å². The van der Waals surface area contributed by atoms with Crippen molar-refractivity contribution in [2.45, 2.75) is 31.7 Å². The summed E-state index contributed by atoms with van der Waals surface area (Å²) in [6.07, 6.45) is 1.82. The Labute approximate surface area is 118 Å². The maximum Gasteiger partial charge on any atom is 0.222 e. The molecule has 0 spiro atoms. The zero-order valence-corrected chi connectivity index (χ0v) is 11.8. The fraction of sp³-hybridized carbons (Fsp3) is 0.750. The van der Waals surface area contributed by atoms with Crippen molar-refractivity contribution in [3.05, 3.63) is 0 Å². The molecule has 116 valence electrons. The maximum atomic E-state index is 11.6. The van der Waals surface area contributed by atoms with Crippen LogP contribution < -0.4 is 22.5 Å². The summed E-state index contributed by atoms with van der Waals surface area (Å²) in [5.41, 5.74) is 16.1. The van der Waals surface area contributed by atoms with E-state index < -0.39 is 11.9 Å². The van der Waals surface area contributed by atoms with Gasteiger partial charge in [-0.3, -0.25) is 14.6 Å². The quantitative estimate of drug-likeness (QED) is 0.180. The number of aliphatic hydroxyl groups is 1. The van der Waals surface area contributed by atoms with Gasteiger partial charge >= 0.3 is 0 Å². The lowest BCUT2D eigenvalue weighted by molar-refractivity contribution is -0.125. The molecule has 0 aliphatic rings. The van der Waals surface area contributed by atoms with Crippen molar-refractivity contribution in [2.75, 3.05) is 20.2 Å². The first-order chi connectivity index (χ1) is 9.42. The van der Waals surface area contributed by atoms with Crippen molar-refractivity contribution in [1.82, 2.24) is 5.32 Å². The van der Waals surface area contributed by atoms with Gasteiger partial charge in [-0.25, -0.2) is 0 Å². The highest BCUT2D eigenvalue weighted by Gasteiger charge is 2.17. The molecular weight excluding hydrogens is 262 g/mol. The van der Waals surface area contributed by atoms with Crippen LogP contribution in [0, 0.1) is 5.92 Å². The van der Waals surface area contributed by atoms with Crippen LogP contribution in [-0.4, -0.2) is 49.0 Å². The largest absolute Gasteiger partial charge is 0.394 e. The van der Waals surface area contributed by atoms with Gasteiger partial charge in [0.25, 0.3) is 0 Å². The smallest absolute Gasteiger partial charge is 0.222 e. The molecule has 0 heterocycles. The number of hydrogen-bond acceptors (Lipinski definition) is 5. The van der Waals surface area contributed by atoms with E-state index in [9.17, 15) is 9.59 Å². The van der Waals surface area contributed by atoms with Crippen LogP contribution in [-0.2, 0) is 9.59 Å². The molecular formula is C12H25N5O3. The zero-order chi connectivity index (χ0) is 15.5. The number of nitrogens with one attached hydrogen (secondary N) is 1. The molecule has 8 nitrogen and oxygen atoms in total. The number of aliphatic hydroxyl groups excluding tert-OH is 1. The Bertz CT molecular complexity index is 346. The van der Waals surface area contributed by atoms with Crippen LogP contribution in [0.5, 0.6) is 0 Å². The van der Waals surface area contributed by atoms with E-state index in [1.54, 1.807) is 7.05 Å². The van der Waals surface area contributed by atoms with Crippen molar-refractivity contribution in [2.24, 2.45) is 28.1 Å². The molecule has 8 N–H and O–H groups in total. The molecule has 20 heavy (non-hydrogen) atoms. The van der Waals surface area contributed by atoms with Gasteiger partial charge in [0, 0.05) is 25.9 Å². The Hall–Kier alpha value is -1.67. The molecule has 8 heteroatoms. The number of carbonyl (C=O) groups excluding carboxylic acids is 2. The molecule has 0 radical (unpaired) electrons. The summed E-state index contributed by atoms with van der Waals surface area (Å²) in [6, 6.07) is -0.653. The van der Waals surface area contributed by atoms with E-state index >= 15 is 0 Å². The molecule has 0 aliphatic carbocycles. The van der Waals surface area contributed by atoms with Crippen LogP contribution in [0.2, 0.25) is 0 Å². The fourth-order valence-electron chi connectivity index (χ4n) is 1.68. The third-order valence-corrected chi connectivity index (χ3v) is 2.94. The first-order valence-corrected chi connectivity index (χ1v) is 6.58. The molecule has 0 rings (SSSR count). The molecule has 0 aliphatic heterocycles. The summed E-state index contributed by atoms with van der Waals surface area (Å²) in [5, 5.41) is 11.4. The molecule has 0 fully saturated rings. The standard InChI is InChI=1S/C12H25N5O3/c1-16-12(20)8(4-5-10(14)19)3-2-6-17-11(15)9(13)7-18/h8-9,18H,2-7,13H2,1H3,(H2,14,19)(H2,15,17)(H,16,20). The molecule has 0 saturated carbocycles. The predicted octanol–water partition coefficient (Wildman–Crippen LogP) is -1.93.